The molecule has 0 aliphatic heterocycles. The number of benzene rings is 1. The van der Waals surface area contributed by atoms with Crippen molar-refractivity contribution in [2.45, 2.75) is 25.9 Å². The van der Waals surface area contributed by atoms with E-state index in [0.29, 0.717) is 12.0 Å². The third-order valence-corrected chi connectivity index (χ3v) is 2.91. The fourth-order valence-electron chi connectivity index (χ4n) is 2.03. The van der Waals surface area contributed by atoms with Crippen LogP contribution in [0.5, 0.6) is 0 Å². The van der Waals surface area contributed by atoms with Gasteiger partial charge in [0, 0.05) is 13.2 Å². The number of rotatable bonds is 4. The maximum absolute atomic E-state index is 13.2. The van der Waals surface area contributed by atoms with Crippen LogP contribution in [0.4, 0.5) is 4.39 Å². The summed E-state index contributed by atoms with van der Waals surface area (Å²) in [4.78, 5) is 0. The van der Waals surface area contributed by atoms with E-state index in [0.717, 1.165) is 17.5 Å². The highest BCUT2D eigenvalue weighted by Crippen LogP contribution is 2.21. The molecule has 2 rings (SSSR count). The lowest BCUT2D eigenvalue weighted by atomic mass is 10.0. The first-order chi connectivity index (χ1) is 8.54. The van der Waals surface area contributed by atoms with E-state index < -0.39 is 6.10 Å². The van der Waals surface area contributed by atoms with Gasteiger partial charge >= 0.3 is 0 Å². The van der Waals surface area contributed by atoms with E-state index in [2.05, 4.69) is 5.10 Å². The summed E-state index contributed by atoms with van der Waals surface area (Å²) < 4.78 is 15.0. The summed E-state index contributed by atoms with van der Waals surface area (Å²) >= 11 is 0. The van der Waals surface area contributed by atoms with Crippen molar-refractivity contribution in [1.29, 1.82) is 0 Å². The zero-order valence-electron chi connectivity index (χ0n) is 10.6. The Morgan fingerprint density at radius 3 is 2.78 bits per heavy atom. The highest BCUT2D eigenvalue weighted by molar-refractivity contribution is 5.25. The number of halogens is 1. The van der Waals surface area contributed by atoms with Gasteiger partial charge in [-0.25, -0.2) is 4.39 Å². The van der Waals surface area contributed by atoms with Gasteiger partial charge in [-0.3, -0.25) is 4.68 Å². The molecule has 4 heteroatoms. The second-order valence-electron chi connectivity index (χ2n) is 4.64. The van der Waals surface area contributed by atoms with Gasteiger partial charge in [0.2, 0.25) is 0 Å². The molecule has 18 heavy (non-hydrogen) atoms. The number of hydrogen-bond acceptors (Lipinski definition) is 2. The second-order valence-corrected chi connectivity index (χ2v) is 4.64. The Morgan fingerprint density at radius 1 is 1.39 bits per heavy atom. The van der Waals surface area contributed by atoms with Gasteiger partial charge in [-0.05, 0) is 48.6 Å². The van der Waals surface area contributed by atoms with E-state index in [-0.39, 0.29) is 5.82 Å². The molecule has 0 aliphatic rings. The van der Waals surface area contributed by atoms with Gasteiger partial charge in [-0.1, -0.05) is 6.07 Å². The van der Waals surface area contributed by atoms with Crippen molar-refractivity contribution in [1.82, 2.24) is 9.78 Å². The van der Waals surface area contributed by atoms with Crippen molar-refractivity contribution < 1.29 is 9.50 Å². The van der Waals surface area contributed by atoms with Crippen molar-refractivity contribution in [2.24, 2.45) is 7.05 Å². The highest BCUT2D eigenvalue weighted by atomic mass is 19.1. The molecular weight excluding hydrogens is 231 g/mol. The van der Waals surface area contributed by atoms with E-state index in [9.17, 15) is 9.50 Å². The second kappa shape index (κ2) is 5.31. The minimum Gasteiger partial charge on any atom is -0.388 e. The Hall–Kier alpha value is -1.68. The number of hydrogen-bond donors (Lipinski definition) is 1. The Bertz CT molecular complexity index is 516. The van der Waals surface area contributed by atoms with Crippen LogP contribution < -0.4 is 0 Å². The van der Waals surface area contributed by atoms with E-state index in [1.807, 2.05) is 26.2 Å². The molecule has 1 aromatic carbocycles. The molecule has 0 saturated carbocycles. The number of aliphatic hydroxyl groups is 1. The molecular formula is C14H17FN2O. The maximum Gasteiger partial charge on any atom is 0.123 e. The summed E-state index contributed by atoms with van der Waals surface area (Å²) in [6.07, 6.45) is 4.35. The third kappa shape index (κ3) is 3.17. The molecule has 96 valence electrons. The van der Waals surface area contributed by atoms with Gasteiger partial charge in [-0.15, -0.1) is 0 Å². The minimum atomic E-state index is -0.639. The molecule has 1 N–H and O–H groups in total. The number of aliphatic hydroxyl groups excluding tert-OH is 1. The van der Waals surface area contributed by atoms with Gasteiger partial charge in [0.25, 0.3) is 0 Å². The molecule has 0 bridgehead atoms. The molecule has 0 fully saturated rings. The monoisotopic (exact) mass is 248 g/mol. The predicted molar refractivity (Wildman–Crippen MR) is 67.6 cm³/mol. The zero-order valence-corrected chi connectivity index (χ0v) is 10.6. The fraction of sp³-hybridized carbons (Fsp3) is 0.357. The Labute approximate surface area is 106 Å². The smallest absolute Gasteiger partial charge is 0.123 e. The molecule has 1 unspecified atom stereocenters. The van der Waals surface area contributed by atoms with Crippen LogP contribution in [-0.2, 0) is 13.5 Å². The lowest BCUT2D eigenvalue weighted by Gasteiger charge is -2.11. The van der Waals surface area contributed by atoms with Crippen LogP contribution in [0.25, 0.3) is 0 Å². The van der Waals surface area contributed by atoms with Gasteiger partial charge in [0.1, 0.15) is 5.82 Å². The van der Waals surface area contributed by atoms with Crippen LogP contribution in [0, 0.1) is 12.7 Å². The largest absolute Gasteiger partial charge is 0.388 e. The van der Waals surface area contributed by atoms with E-state index in [4.69, 9.17) is 0 Å². The van der Waals surface area contributed by atoms with Crippen molar-refractivity contribution in [3.8, 4) is 0 Å². The average Bonchev–Trinajstić information content (AvgIpc) is 2.70. The van der Waals surface area contributed by atoms with Crippen molar-refractivity contribution in [3.63, 3.8) is 0 Å². The minimum absolute atomic E-state index is 0.301. The van der Waals surface area contributed by atoms with Crippen LogP contribution in [0.2, 0.25) is 0 Å². The van der Waals surface area contributed by atoms with Crippen LogP contribution in [-0.4, -0.2) is 14.9 Å². The lowest BCUT2D eigenvalue weighted by molar-refractivity contribution is 0.167. The average molecular weight is 248 g/mol. The SMILES string of the molecule is Cc1cc(F)cc(C(O)CCc2cnn(C)c2)c1. The molecule has 2 aromatic rings. The van der Waals surface area contributed by atoms with Gasteiger partial charge < -0.3 is 5.11 Å². The summed E-state index contributed by atoms with van der Waals surface area (Å²) in [6.45, 7) is 1.82. The first-order valence-electron chi connectivity index (χ1n) is 5.97. The summed E-state index contributed by atoms with van der Waals surface area (Å²) in [5.74, 6) is -0.301. The summed E-state index contributed by atoms with van der Waals surface area (Å²) in [7, 11) is 1.86. The van der Waals surface area contributed by atoms with E-state index >= 15 is 0 Å². The topological polar surface area (TPSA) is 38.1 Å². The van der Waals surface area contributed by atoms with Crippen molar-refractivity contribution >= 4 is 0 Å². The number of aromatic nitrogens is 2. The quantitative estimate of drug-likeness (QED) is 0.903. The first-order valence-corrected chi connectivity index (χ1v) is 5.97. The standard InChI is InChI=1S/C14H17FN2O/c1-10-5-12(7-13(15)6-10)14(18)4-3-11-8-16-17(2)9-11/h5-9,14,18H,3-4H2,1-2H3. The van der Waals surface area contributed by atoms with Crippen LogP contribution in [0.15, 0.2) is 30.6 Å². The van der Waals surface area contributed by atoms with Crippen molar-refractivity contribution in [3.05, 3.63) is 53.1 Å². The molecule has 0 saturated heterocycles. The zero-order chi connectivity index (χ0) is 13.1. The summed E-state index contributed by atoms with van der Waals surface area (Å²) in [5, 5.41) is 14.1. The highest BCUT2D eigenvalue weighted by Gasteiger charge is 2.10. The molecule has 1 aromatic heterocycles. The Balaban J connectivity index is 2.01. The van der Waals surface area contributed by atoms with Crippen LogP contribution in [0.1, 0.15) is 29.2 Å². The van der Waals surface area contributed by atoms with E-state index in [1.54, 1.807) is 10.9 Å². The van der Waals surface area contributed by atoms with Crippen LogP contribution >= 0.6 is 0 Å². The summed E-state index contributed by atoms with van der Waals surface area (Å²) in [6, 6.07) is 4.66. The third-order valence-electron chi connectivity index (χ3n) is 2.91. The Morgan fingerprint density at radius 2 is 2.17 bits per heavy atom. The molecule has 1 heterocycles. The Kier molecular flexibility index (Phi) is 3.77. The number of aryl methyl sites for hydroxylation is 3. The van der Waals surface area contributed by atoms with Crippen LogP contribution in [0.3, 0.4) is 0 Å². The molecule has 3 nitrogen and oxygen atoms in total. The van der Waals surface area contributed by atoms with Crippen molar-refractivity contribution in [2.75, 3.05) is 0 Å². The predicted octanol–water partition coefficient (Wildman–Crippen LogP) is 2.53. The number of nitrogens with zero attached hydrogens (tertiary/aromatic N) is 2. The normalized spacial score (nSPS) is 12.7. The summed E-state index contributed by atoms with van der Waals surface area (Å²) in [5.41, 5.74) is 2.53. The maximum atomic E-state index is 13.2. The molecule has 1 atom stereocenters. The van der Waals surface area contributed by atoms with Gasteiger partial charge in [0.15, 0.2) is 0 Å². The fourth-order valence-corrected chi connectivity index (χ4v) is 2.03. The van der Waals surface area contributed by atoms with Gasteiger partial charge in [-0.2, -0.15) is 5.10 Å². The lowest BCUT2D eigenvalue weighted by Crippen LogP contribution is -2.00. The van der Waals surface area contributed by atoms with Gasteiger partial charge in [0.05, 0.1) is 12.3 Å². The molecule has 0 aliphatic carbocycles. The first kappa shape index (κ1) is 12.8. The molecule has 0 radical (unpaired) electrons. The molecule has 0 amide bonds. The van der Waals surface area contributed by atoms with E-state index in [1.165, 1.54) is 12.1 Å². The molecule has 0 spiro atoms.